The Morgan fingerprint density at radius 3 is 2.62 bits per heavy atom. The highest BCUT2D eigenvalue weighted by molar-refractivity contribution is 7.96. The van der Waals surface area contributed by atoms with Crippen LogP contribution in [0, 0.1) is 11.3 Å². The zero-order valence-corrected chi connectivity index (χ0v) is 5.96. The fourth-order valence-electron chi connectivity index (χ4n) is 0.343. The molecule has 0 heterocycles. The molecule has 0 aliphatic heterocycles. The van der Waals surface area contributed by atoms with Gasteiger partial charge in [-0.2, -0.15) is 5.26 Å². The number of nitrogens with one attached hydrogen (secondary N) is 1. The van der Waals surface area contributed by atoms with E-state index in [9.17, 15) is 0 Å². The van der Waals surface area contributed by atoms with E-state index in [1.54, 1.807) is 0 Å². The molecule has 46 valence electrons. The van der Waals surface area contributed by atoms with E-state index in [0.29, 0.717) is 0 Å². The molecule has 0 saturated heterocycles. The summed E-state index contributed by atoms with van der Waals surface area (Å²) in [5.74, 6) is 0. The first-order valence-corrected chi connectivity index (χ1v) is 3.75. The number of hydrogen-bond donors (Lipinski definition) is 1. The molecule has 3 heteroatoms. The maximum absolute atomic E-state index is 8.33. The van der Waals surface area contributed by atoms with E-state index in [2.05, 4.69) is 10.8 Å². The quantitative estimate of drug-likeness (QED) is 0.582. The smallest absolute Gasteiger partial charge is 0.104 e. The van der Waals surface area contributed by atoms with Crippen LogP contribution >= 0.6 is 11.9 Å². The summed E-state index contributed by atoms with van der Waals surface area (Å²) in [7, 11) is 0. The van der Waals surface area contributed by atoms with Crippen LogP contribution in [0.1, 0.15) is 13.3 Å². The van der Waals surface area contributed by atoms with Gasteiger partial charge in [-0.25, -0.2) is 4.72 Å². The van der Waals surface area contributed by atoms with E-state index in [4.69, 9.17) is 5.26 Å². The van der Waals surface area contributed by atoms with Crippen molar-refractivity contribution in [2.75, 3.05) is 6.26 Å². The second-order valence-electron chi connectivity index (χ2n) is 1.41. The molecule has 0 aliphatic rings. The minimum Gasteiger partial charge on any atom is -0.247 e. The number of nitrogens with zero attached hydrogens (tertiary/aromatic N) is 1. The van der Waals surface area contributed by atoms with Crippen LogP contribution in [0.15, 0.2) is 0 Å². The summed E-state index contributed by atoms with van der Waals surface area (Å²) in [6.07, 6.45) is 2.79. The molecule has 1 N–H and O–H groups in total. The van der Waals surface area contributed by atoms with Crippen LogP contribution in [0.2, 0.25) is 0 Å². The molecule has 1 unspecified atom stereocenters. The van der Waals surface area contributed by atoms with Gasteiger partial charge >= 0.3 is 0 Å². The van der Waals surface area contributed by atoms with Gasteiger partial charge in [-0.3, -0.25) is 0 Å². The fourth-order valence-corrected chi connectivity index (χ4v) is 0.847. The van der Waals surface area contributed by atoms with E-state index < -0.39 is 0 Å². The molecule has 8 heavy (non-hydrogen) atoms. The van der Waals surface area contributed by atoms with Gasteiger partial charge in [-0.05, 0) is 12.7 Å². The van der Waals surface area contributed by atoms with Gasteiger partial charge in [0.2, 0.25) is 0 Å². The molecule has 0 amide bonds. The summed E-state index contributed by atoms with van der Waals surface area (Å²) in [6, 6.07) is 2.14. The molecule has 0 rings (SSSR count). The Hall–Kier alpha value is -0.200. The second-order valence-corrected chi connectivity index (χ2v) is 2.06. The maximum Gasteiger partial charge on any atom is 0.104 e. The molecule has 0 saturated carbocycles. The molecule has 0 aromatic rings. The summed E-state index contributed by atoms with van der Waals surface area (Å²) in [6.45, 7) is 1.98. The molecule has 1 atom stereocenters. The van der Waals surface area contributed by atoms with E-state index in [1.165, 1.54) is 11.9 Å². The SMILES string of the molecule is CCC(C#N)NSC. The van der Waals surface area contributed by atoms with Crippen LogP contribution in [-0.2, 0) is 0 Å². The van der Waals surface area contributed by atoms with Crippen LogP contribution in [0.5, 0.6) is 0 Å². The summed E-state index contributed by atoms with van der Waals surface area (Å²) in [5, 5.41) is 8.33. The van der Waals surface area contributed by atoms with Crippen molar-refractivity contribution in [3.8, 4) is 6.07 Å². The van der Waals surface area contributed by atoms with Crippen molar-refractivity contribution < 1.29 is 0 Å². The molecule has 0 fully saturated rings. The number of hydrogen-bond acceptors (Lipinski definition) is 3. The molecular formula is C5H10N2S. The van der Waals surface area contributed by atoms with Crippen LogP contribution in [0.25, 0.3) is 0 Å². The van der Waals surface area contributed by atoms with Gasteiger partial charge in [0.15, 0.2) is 0 Å². The van der Waals surface area contributed by atoms with Crippen molar-refractivity contribution in [3.63, 3.8) is 0 Å². The van der Waals surface area contributed by atoms with Crippen molar-refractivity contribution in [1.82, 2.24) is 4.72 Å². The van der Waals surface area contributed by atoms with Crippen molar-refractivity contribution >= 4 is 11.9 Å². The first kappa shape index (κ1) is 7.80. The minimum atomic E-state index is 0.0185. The van der Waals surface area contributed by atoms with Gasteiger partial charge in [0.25, 0.3) is 0 Å². The average Bonchev–Trinajstić information content (AvgIpc) is 1.83. The third kappa shape index (κ3) is 2.89. The molecule has 0 aromatic heterocycles. The monoisotopic (exact) mass is 130 g/mol. The van der Waals surface area contributed by atoms with Gasteiger partial charge in [0, 0.05) is 0 Å². The minimum absolute atomic E-state index is 0.0185. The van der Waals surface area contributed by atoms with Gasteiger partial charge < -0.3 is 0 Å². The zero-order valence-electron chi connectivity index (χ0n) is 5.14. The lowest BCUT2D eigenvalue weighted by Gasteiger charge is -2.02. The van der Waals surface area contributed by atoms with Crippen molar-refractivity contribution in [2.24, 2.45) is 0 Å². The Kier molecular flexibility index (Phi) is 4.82. The summed E-state index contributed by atoms with van der Waals surface area (Å²) < 4.78 is 2.94. The van der Waals surface area contributed by atoms with E-state index in [-0.39, 0.29) is 6.04 Å². The van der Waals surface area contributed by atoms with E-state index in [1.807, 2.05) is 13.2 Å². The highest BCUT2D eigenvalue weighted by Gasteiger charge is 1.98. The molecular weight excluding hydrogens is 120 g/mol. The predicted molar refractivity (Wildman–Crippen MR) is 36.3 cm³/mol. The zero-order chi connectivity index (χ0) is 6.41. The average molecular weight is 130 g/mol. The van der Waals surface area contributed by atoms with Crippen molar-refractivity contribution in [2.45, 2.75) is 19.4 Å². The molecule has 0 aromatic carbocycles. The molecule has 0 spiro atoms. The standard InChI is InChI=1S/C5H10N2S/c1-3-5(4-6)7-8-2/h5,7H,3H2,1-2H3. The third-order valence-electron chi connectivity index (χ3n) is 0.824. The lowest BCUT2D eigenvalue weighted by atomic mass is 10.3. The molecule has 0 aliphatic carbocycles. The van der Waals surface area contributed by atoms with Gasteiger partial charge in [0.1, 0.15) is 6.04 Å². The summed E-state index contributed by atoms with van der Waals surface area (Å²) in [4.78, 5) is 0. The van der Waals surface area contributed by atoms with Crippen LogP contribution < -0.4 is 4.72 Å². The molecule has 2 nitrogen and oxygen atoms in total. The number of rotatable bonds is 3. The third-order valence-corrected chi connectivity index (χ3v) is 1.34. The Balaban J connectivity index is 3.26. The van der Waals surface area contributed by atoms with Crippen LogP contribution in [0.3, 0.4) is 0 Å². The van der Waals surface area contributed by atoms with Gasteiger partial charge in [-0.1, -0.05) is 18.9 Å². The second kappa shape index (κ2) is 4.95. The lowest BCUT2D eigenvalue weighted by Crippen LogP contribution is -2.18. The Bertz CT molecular complexity index is 86.9. The maximum atomic E-state index is 8.33. The van der Waals surface area contributed by atoms with Gasteiger partial charge in [-0.15, -0.1) is 0 Å². The topological polar surface area (TPSA) is 35.8 Å². The lowest BCUT2D eigenvalue weighted by molar-refractivity contribution is 0.746. The van der Waals surface area contributed by atoms with Gasteiger partial charge in [0.05, 0.1) is 6.07 Å². The highest BCUT2D eigenvalue weighted by atomic mass is 32.2. The highest BCUT2D eigenvalue weighted by Crippen LogP contribution is 1.92. The summed E-state index contributed by atoms with van der Waals surface area (Å²) in [5.41, 5.74) is 0. The number of nitriles is 1. The normalized spacial score (nSPS) is 12.6. The first-order valence-electron chi connectivity index (χ1n) is 2.53. The first-order chi connectivity index (χ1) is 3.85. The Labute approximate surface area is 54.4 Å². The largest absolute Gasteiger partial charge is 0.247 e. The van der Waals surface area contributed by atoms with Crippen molar-refractivity contribution in [3.05, 3.63) is 0 Å². The molecule has 0 radical (unpaired) electrons. The fraction of sp³-hybridized carbons (Fsp3) is 0.800. The van der Waals surface area contributed by atoms with Crippen LogP contribution in [0.4, 0.5) is 0 Å². The Morgan fingerprint density at radius 2 is 2.50 bits per heavy atom. The van der Waals surface area contributed by atoms with Crippen LogP contribution in [-0.4, -0.2) is 12.3 Å². The predicted octanol–water partition coefficient (Wildman–Crippen LogP) is 1.16. The summed E-state index contributed by atoms with van der Waals surface area (Å²) >= 11 is 1.49. The van der Waals surface area contributed by atoms with Crippen molar-refractivity contribution in [1.29, 1.82) is 5.26 Å². The molecule has 0 bridgehead atoms. The van der Waals surface area contributed by atoms with E-state index in [0.717, 1.165) is 6.42 Å². The van der Waals surface area contributed by atoms with E-state index >= 15 is 0 Å². The Morgan fingerprint density at radius 1 is 1.88 bits per heavy atom.